The van der Waals surface area contributed by atoms with Gasteiger partial charge in [0.15, 0.2) is 0 Å². The summed E-state index contributed by atoms with van der Waals surface area (Å²) in [5.74, 6) is -4.22. The Balaban J connectivity index is 2.07. The second kappa shape index (κ2) is 11.2. The first-order valence-corrected chi connectivity index (χ1v) is 11.3. The highest BCUT2D eigenvalue weighted by Gasteiger charge is 2.25. The van der Waals surface area contributed by atoms with Gasteiger partial charge in [-0.15, -0.1) is 0 Å². The van der Waals surface area contributed by atoms with Gasteiger partial charge in [-0.25, -0.2) is 9.59 Å². The van der Waals surface area contributed by atoms with Crippen LogP contribution < -0.4 is 16.4 Å². The molecule has 190 valence electrons. The van der Waals surface area contributed by atoms with Crippen LogP contribution in [0.2, 0.25) is 0 Å². The highest BCUT2D eigenvalue weighted by molar-refractivity contribution is 6.12. The fourth-order valence-corrected chi connectivity index (χ4v) is 3.68. The summed E-state index contributed by atoms with van der Waals surface area (Å²) in [6.45, 7) is 3.31. The number of aromatic carboxylic acids is 1. The van der Waals surface area contributed by atoms with Crippen LogP contribution in [0.5, 0.6) is 0 Å². The molecule has 0 aliphatic rings. The lowest BCUT2D eigenvalue weighted by atomic mass is 9.93. The van der Waals surface area contributed by atoms with E-state index in [-0.39, 0.29) is 39.6 Å². The van der Waals surface area contributed by atoms with Gasteiger partial charge in [-0.2, -0.15) is 0 Å². The molecule has 1 atom stereocenters. The van der Waals surface area contributed by atoms with Crippen molar-refractivity contribution in [3.05, 3.63) is 89.0 Å². The largest absolute Gasteiger partial charge is 0.480 e. The number of anilines is 1. The fourth-order valence-electron chi connectivity index (χ4n) is 3.68. The zero-order chi connectivity index (χ0) is 27.3. The molecule has 0 aliphatic heterocycles. The van der Waals surface area contributed by atoms with Crippen LogP contribution in [0.4, 0.5) is 5.69 Å². The van der Waals surface area contributed by atoms with Crippen molar-refractivity contribution >= 4 is 35.3 Å². The van der Waals surface area contributed by atoms with Crippen LogP contribution in [0.25, 0.3) is 11.1 Å². The average Bonchev–Trinajstić information content (AvgIpc) is 2.86. The molecule has 0 aliphatic carbocycles. The molecule has 7 N–H and O–H groups in total. The van der Waals surface area contributed by atoms with Gasteiger partial charge in [-0.1, -0.05) is 38.1 Å². The number of benzene rings is 3. The third-order valence-corrected chi connectivity index (χ3v) is 5.65. The molecule has 0 bridgehead atoms. The summed E-state index contributed by atoms with van der Waals surface area (Å²) >= 11 is 0. The first kappa shape index (κ1) is 26.6. The molecule has 0 heterocycles. The highest BCUT2D eigenvalue weighted by Crippen LogP contribution is 2.29. The average molecular weight is 503 g/mol. The molecular weight excluding hydrogens is 476 g/mol. The molecule has 0 radical (unpaired) electrons. The Hall–Kier alpha value is -4.99. The predicted octanol–water partition coefficient (Wildman–Crippen LogP) is 3.43. The van der Waals surface area contributed by atoms with E-state index in [4.69, 9.17) is 11.1 Å². The number of carbonyl (C=O) groups is 4. The zero-order valence-electron chi connectivity index (χ0n) is 20.1. The summed E-state index contributed by atoms with van der Waals surface area (Å²) in [6.07, 6.45) is 0. The van der Waals surface area contributed by atoms with E-state index in [1.807, 2.05) is 0 Å². The van der Waals surface area contributed by atoms with Gasteiger partial charge in [-0.3, -0.25) is 15.0 Å². The number of hydrogen-bond donors (Lipinski definition) is 6. The van der Waals surface area contributed by atoms with Crippen LogP contribution in [0.1, 0.15) is 50.5 Å². The molecule has 10 heteroatoms. The molecule has 0 saturated heterocycles. The van der Waals surface area contributed by atoms with E-state index < -0.39 is 29.8 Å². The Kier molecular flexibility index (Phi) is 8.03. The molecule has 3 rings (SSSR count). The lowest BCUT2D eigenvalue weighted by molar-refractivity contribution is -0.140. The molecule has 37 heavy (non-hydrogen) atoms. The second-order valence-corrected chi connectivity index (χ2v) is 8.59. The number of rotatable bonds is 9. The summed E-state index contributed by atoms with van der Waals surface area (Å²) in [4.78, 5) is 49.6. The van der Waals surface area contributed by atoms with Gasteiger partial charge in [0.05, 0.1) is 5.56 Å². The number of carboxylic acid groups (broad SMARTS) is 2. The van der Waals surface area contributed by atoms with Crippen LogP contribution in [-0.2, 0) is 4.79 Å². The molecule has 3 aromatic carbocycles. The number of amidine groups is 1. The second-order valence-electron chi connectivity index (χ2n) is 8.59. The molecule has 1 unspecified atom stereocenters. The van der Waals surface area contributed by atoms with E-state index in [2.05, 4.69) is 10.6 Å². The highest BCUT2D eigenvalue weighted by atomic mass is 16.4. The Morgan fingerprint density at radius 1 is 0.811 bits per heavy atom. The van der Waals surface area contributed by atoms with Crippen LogP contribution in [0.3, 0.4) is 0 Å². The molecule has 2 amide bonds. The fraction of sp³-hybridized carbons (Fsp3) is 0.148. The van der Waals surface area contributed by atoms with Crippen molar-refractivity contribution in [1.29, 1.82) is 5.41 Å². The number of nitrogens with one attached hydrogen (secondary N) is 3. The van der Waals surface area contributed by atoms with Crippen LogP contribution in [-0.4, -0.2) is 45.8 Å². The van der Waals surface area contributed by atoms with Gasteiger partial charge >= 0.3 is 11.9 Å². The number of carboxylic acids is 2. The Bertz CT molecular complexity index is 1380. The minimum atomic E-state index is -1.19. The van der Waals surface area contributed by atoms with Gasteiger partial charge < -0.3 is 26.6 Å². The summed E-state index contributed by atoms with van der Waals surface area (Å²) in [5.41, 5.74) is 6.85. The summed E-state index contributed by atoms with van der Waals surface area (Å²) in [5, 5.41) is 31.7. The minimum Gasteiger partial charge on any atom is -0.480 e. The standard InChI is InChI=1S/C27H26N4O6/c1-14(2)22(27(36)37)31-24(32)16-9-12-19(18-5-3-4-6-20(18)26(34)35)21(13-16)25(33)30-17-10-7-15(8-11-17)23(28)29/h3-14,22H,1-2H3,(H3,28,29)(H,30,33)(H,31,32)(H,34,35)(H,36,37). The predicted molar refractivity (Wildman–Crippen MR) is 138 cm³/mol. The third kappa shape index (κ3) is 6.17. The third-order valence-electron chi connectivity index (χ3n) is 5.65. The van der Waals surface area contributed by atoms with Crippen molar-refractivity contribution in [2.45, 2.75) is 19.9 Å². The van der Waals surface area contributed by atoms with Crippen molar-refractivity contribution in [2.75, 3.05) is 5.32 Å². The molecule has 0 spiro atoms. The maximum atomic E-state index is 13.4. The molecule has 3 aromatic rings. The first-order chi connectivity index (χ1) is 17.5. The van der Waals surface area contributed by atoms with Gasteiger partial charge in [0.25, 0.3) is 11.8 Å². The number of amides is 2. The van der Waals surface area contributed by atoms with Gasteiger partial charge in [0.1, 0.15) is 11.9 Å². The molecule has 0 saturated carbocycles. The normalized spacial score (nSPS) is 11.4. The Morgan fingerprint density at radius 3 is 1.97 bits per heavy atom. The summed E-state index contributed by atoms with van der Waals surface area (Å²) < 4.78 is 0. The van der Waals surface area contributed by atoms with E-state index in [0.29, 0.717) is 11.3 Å². The van der Waals surface area contributed by atoms with Crippen LogP contribution >= 0.6 is 0 Å². The zero-order valence-corrected chi connectivity index (χ0v) is 20.1. The van der Waals surface area contributed by atoms with E-state index in [9.17, 15) is 29.4 Å². The number of nitrogens with two attached hydrogens (primary N) is 1. The van der Waals surface area contributed by atoms with Crippen molar-refractivity contribution in [1.82, 2.24) is 5.32 Å². The number of carbonyl (C=O) groups excluding carboxylic acids is 2. The van der Waals surface area contributed by atoms with E-state index in [1.165, 1.54) is 24.3 Å². The summed E-state index contributed by atoms with van der Waals surface area (Å²) in [7, 11) is 0. The van der Waals surface area contributed by atoms with Crippen LogP contribution in [0.15, 0.2) is 66.7 Å². The minimum absolute atomic E-state index is 0.00779. The van der Waals surface area contributed by atoms with Crippen molar-refractivity contribution in [2.24, 2.45) is 11.7 Å². The molecule has 0 aromatic heterocycles. The molecule has 10 nitrogen and oxygen atoms in total. The quantitative estimate of drug-likeness (QED) is 0.191. The molecule has 0 fully saturated rings. The van der Waals surface area contributed by atoms with Crippen LogP contribution in [0, 0.1) is 11.3 Å². The Morgan fingerprint density at radius 2 is 1.41 bits per heavy atom. The first-order valence-electron chi connectivity index (χ1n) is 11.3. The van der Waals surface area contributed by atoms with Crippen molar-refractivity contribution in [3.63, 3.8) is 0 Å². The number of aliphatic carboxylic acids is 1. The summed E-state index contributed by atoms with van der Waals surface area (Å²) in [6, 6.07) is 15.4. The van der Waals surface area contributed by atoms with E-state index >= 15 is 0 Å². The van der Waals surface area contributed by atoms with Gasteiger partial charge in [0, 0.05) is 22.4 Å². The van der Waals surface area contributed by atoms with Gasteiger partial charge in [-0.05, 0) is 59.5 Å². The molecular formula is C27H26N4O6. The Labute approximate surface area is 212 Å². The van der Waals surface area contributed by atoms with E-state index in [0.717, 1.165) is 0 Å². The maximum Gasteiger partial charge on any atom is 0.336 e. The maximum absolute atomic E-state index is 13.4. The SMILES string of the molecule is CC(C)C(NC(=O)c1ccc(-c2ccccc2C(=O)O)c(C(=O)Nc2ccc(C(=N)N)cc2)c1)C(=O)O. The monoisotopic (exact) mass is 502 g/mol. The van der Waals surface area contributed by atoms with Crippen molar-refractivity contribution in [3.8, 4) is 11.1 Å². The van der Waals surface area contributed by atoms with Gasteiger partial charge in [0.2, 0.25) is 0 Å². The smallest absolute Gasteiger partial charge is 0.336 e. The lowest BCUT2D eigenvalue weighted by Gasteiger charge is -2.19. The number of nitrogen functional groups attached to an aromatic ring is 1. The topological polar surface area (TPSA) is 183 Å². The number of hydrogen-bond acceptors (Lipinski definition) is 5. The van der Waals surface area contributed by atoms with Crippen molar-refractivity contribution < 1.29 is 29.4 Å². The van der Waals surface area contributed by atoms with E-state index in [1.54, 1.807) is 56.3 Å². The lowest BCUT2D eigenvalue weighted by Crippen LogP contribution is -2.44.